The van der Waals surface area contributed by atoms with E-state index in [1.165, 1.54) is 0 Å². The highest BCUT2D eigenvalue weighted by molar-refractivity contribution is 6.52. The summed E-state index contributed by atoms with van der Waals surface area (Å²) in [6.45, 7) is 2.58. The van der Waals surface area contributed by atoms with Crippen LogP contribution in [0.5, 0.6) is 0 Å². The van der Waals surface area contributed by atoms with E-state index >= 15 is 0 Å². The summed E-state index contributed by atoms with van der Waals surface area (Å²) in [5.41, 5.74) is 0. The van der Waals surface area contributed by atoms with E-state index in [9.17, 15) is 8.90 Å². The van der Waals surface area contributed by atoms with Crippen LogP contribution in [0.1, 0.15) is 0 Å². The maximum absolute atomic E-state index is 13.1. The minimum absolute atomic E-state index is 0.560. The second-order valence-electron chi connectivity index (χ2n) is 1.82. The molecule has 0 unspecified atom stereocenters. The largest absolute Gasteiger partial charge is 0.722 e. The van der Waals surface area contributed by atoms with E-state index in [1.807, 2.05) is 0 Å². The Morgan fingerprint density at radius 2 is 2.08 bits per heavy atom. The highest BCUT2D eigenvalue weighted by atomic mass is 28.4. The number of hydrogen-bond donors (Lipinski definition) is 0. The van der Waals surface area contributed by atoms with Crippen LogP contribution in [-0.4, -0.2) is 36.1 Å². The van der Waals surface area contributed by atoms with Crippen LogP contribution in [0.4, 0.5) is 4.11 Å². The van der Waals surface area contributed by atoms with Crippen molar-refractivity contribution in [2.24, 2.45) is 0 Å². The number of esters is 1. The van der Waals surface area contributed by atoms with Crippen LogP contribution in [0.2, 0.25) is 0 Å². The topological polar surface area (TPSA) is 54.0 Å². The van der Waals surface area contributed by atoms with Crippen molar-refractivity contribution in [3.8, 4) is 0 Å². The predicted octanol–water partition coefficient (Wildman–Crippen LogP) is 0.388. The summed E-state index contributed by atoms with van der Waals surface area (Å²) in [6, 6.07) is 0. The van der Waals surface area contributed by atoms with Crippen LogP contribution in [0.3, 0.4) is 0 Å². The zero-order valence-corrected chi connectivity index (χ0v) is 8.41. The summed E-state index contributed by atoms with van der Waals surface area (Å²) in [5.74, 6) is -0.705. The Morgan fingerprint density at radius 1 is 1.54 bits per heavy atom. The first kappa shape index (κ1) is 12.2. The zero-order chi connectivity index (χ0) is 10.3. The predicted molar refractivity (Wildman–Crippen MR) is 43.1 cm³/mol. The van der Waals surface area contributed by atoms with Gasteiger partial charge in [-0.2, -0.15) is 0 Å². The van der Waals surface area contributed by atoms with Gasteiger partial charge in [0.25, 0.3) is 0 Å². The van der Waals surface area contributed by atoms with E-state index in [4.69, 9.17) is 0 Å². The Balaban J connectivity index is 3.73. The Morgan fingerprint density at radius 3 is 2.46 bits per heavy atom. The number of carbonyl (C=O) groups is 1. The van der Waals surface area contributed by atoms with Crippen molar-refractivity contribution in [3.63, 3.8) is 0 Å². The molecule has 0 N–H and O–H groups in total. The van der Waals surface area contributed by atoms with Crippen molar-refractivity contribution < 1.29 is 26.9 Å². The molecule has 0 spiro atoms. The molecule has 0 aliphatic rings. The molecule has 0 aromatic carbocycles. The van der Waals surface area contributed by atoms with Crippen molar-refractivity contribution in [2.75, 3.05) is 21.0 Å². The third-order valence-corrected chi connectivity index (χ3v) is 2.52. The van der Waals surface area contributed by atoms with E-state index in [-0.39, 0.29) is 0 Å². The summed E-state index contributed by atoms with van der Waals surface area (Å²) >= 11 is 0. The molecule has 0 amide bonds. The standard InChI is InChI=1S/C6H11FO5Si/c1-4-6(8)11-5-12-13(7,9-2)10-3/h4H,1,5H2,2-3H3. The Hall–Kier alpha value is -0.763. The Bertz CT molecular complexity index is 182. The third-order valence-electron chi connectivity index (χ3n) is 1.09. The van der Waals surface area contributed by atoms with Gasteiger partial charge in [0.05, 0.1) is 0 Å². The quantitative estimate of drug-likeness (QED) is 0.209. The van der Waals surface area contributed by atoms with Crippen molar-refractivity contribution in [2.45, 2.75) is 0 Å². The van der Waals surface area contributed by atoms with Gasteiger partial charge in [-0.1, -0.05) is 6.58 Å². The first-order valence-electron chi connectivity index (χ1n) is 3.30. The molecule has 0 radical (unpaired) electrons. The maximum Gasteiger partial charge on any atom is 0.722 e. The lowest BCUT2D eigenvalue weighted by atomic mass is 10.7. The van der Waals surface area contributed by atoms with Crippen molar-refractivity contribution >= 4 is 15.1 Å². The molecule has 0 aromatic heterocycles. The van der Waals surface area contributed by atoms with Gasteiger partial charge in [0, 0.05) is 20.3 Å². The summed E-state index contributed by atoms with van der Waals surface area (Å²) < 4.78 is 30.5. The molecule has 0 aliphatic carbocycles. The van der Waals surface area contributed by atoms with Crippen molar-refractivity contribution in [1.82, 2.24) is 0 Å². The number of rotatable bonds is 6. The highest BCUT2D eigenvalue weighted by Crippen LogP contribution is 2.07. The van der Waals surface area contributed by atoms with Gasteiger partial charge in [-0.05, 0) is 0 Å². The van der Waals surface area contributed by atoms with Gasteiger partial charge < -0.3 is 18.0 Å². The Labute approximate surface area is 76.6 Å². The van der Waals surface area contributed by atoms with Gasteiger partial charge in [0.2, 0.25) is 0 Å². The fourth-order valence-corrected chi connectivity index (χ4v) is 1.02. The summed E-state index contributed by atoms with van der Waals surface area (Å²) in [4.78, 5) is 10.5. The molecule has 7 heteroatoms. The fraction of sp³-hybridized carbons (Fsp3) is 0.500. The second kappa shape index (κ2) is 5.81. The first-order chi connectivity index (χ1) is 6.08. The number of ether oxygens (including phenoxy) is 1. The van der Waals surface area contributed by atoms with Crippen molar-refractivity contribution in [3.05, 3.63) is 12.7 Å². The minimum atomic E-state index is -4.09. The lowest BCUT2D eigenvalue weighted by Crippen LogP contribution is -2.39. The fourth-order valence-electron chi connectivity index (χ4n) is 0.418. The molecule has 0 bridgehead atoms. The average Bonchev–Trinajstić information content (AvgIpc) is 2.17. The summed E-state index contributed by atoms with van der Waals surface area (Å²) in [7, 11) is -1.88. The zero-order valence-electron chi connectivity index (χ0n) is 7.41. The monoisotopic (exact) mass is 210 g/mol. The molecule has 0 atom stereocenters. The SMILES string of the molecule is C=CC(=O)OCO[Si](F)(OC)OC. The van der Waals surface area contributed by atoms with Gasteiger partial charge in [-0.3, -0.25) is 0 Å². The molecule has 0 aromatic rings. The van der Waals surface area contributed by atoms with Crippen LogP contribution in [0.25, 0.3) is 0 Å². The van der Waals surface area contributed by atoms with E-state index < -0.39 is 21.9 Å². The van der Waals surface area contributed by atoms with Gasteiger partial charge in [-0.15, -0.1) is 0 Å². The van der Waals surface area contributed by atoms with Crippen LogP contribution >= 0.6 is 0 Å². The molecule has 5 nitrogen and oxygen atoms in total. The second-order valence-corrected chi connectivity index (χ2v) is 3.89. The smallest absolute Gasteiger partial charge is 0.436 e. The third kappa shape index (κ3) is 4.73. The van der Waals surface area contributed by atoms with E-state index in [2.05, 4.69) is 24.6 Å². The summed E-state index contributed by atoms with van der Waals surface area (Å²) in [6.07, 6.45) is 0.935. The average molecular weight is 210 g/mol. The van der Waals surface area contributed by atoms with Crippen LogP contribution in [0, 0.1) is 0 Å². The van der Waals surface area contributed by atoms with Crippen molar-refractivity contribution in [1.29, 1.82) is 0 Å². The molecule has 0 saturated heterocycles. The van der Waals surface area contributed by atoms with E-state index in [0.717, 1.165) is 20.3 Å². The van der Waals surface area contributed by atoms with Gasteiger partial charge >= 0.3 is 15.1 Å². The molecule has 0 fully saturated rings. The lowest BCUT2D eigenvalue weighted by molar-refractivity contribution is -0.147. The molecular weight excluding hydrogens is 199 g/mol. The highest BCUT2D eigenvalue weighted by Gasteiger charge is 2.42. The van der Waals surface area contributed by atoms with E-state index in [1.54, 1.807) is 0 Å². The molecule has 0 rings (SSSR count). The number of carbonyl (C=O) groups excluding carboxylic acids is 1. The number of halogens is 1. The molecule has 0 saturated carbocycles. The minimum Gasteiger partial charge on any atom is -0.436 e. The number of hydrogen-bond acceptors (Lipinski definition) is 5. The van der Waals surface area contributed by atoms with Gasteiger partial charge in [-0.25, -0.2) is 8.90 Å². The molecular formula is C6H11FO5Si. The van der Waals surface area contributed by atoms with Crippen LogP contribution in [-0.2, 0) is 22.8 Å². The van der Waals surface area contributed by atoms with E-state index in [0.29, 0.717) is 0 Å². The molecule has 0 aliphatic heterocycles. The van der Waals surface area contributed by atoms with Gasteiger partial charge in [0.1, 0.15) is 0 Å². The first-order valence-corrected chi connectivity index (χ1v) is 4.90. The molecule has 13 heavy (non-hydrogen) atoms. The molecule has 0 heterocycles. The Kier molecular flexibility index (Phi) is 5.47. The van der Waals surface area contributed by atoms with Crippen LogP contribution in [0.15, 0.2) is 12.7 Å². The lowest BCUT2D eigenvalue weighted by Gasteiger charge is -2.15. The maximum atomic E-state index is 13.1. The molecule has 76 valence electrons. The summed E-state index contributed by atoms with van der Waals surface area (Å²) in [5, 5.41) is 0. The normalized spacial score (nSPS) is 11.0. The van der Waals surface area contributed by atoms with Crippen LogP contribution < -0.4 is 0 Å². The van der Waals surface area contributed by atoms with Gasteiger partial charge in [0.15, 0.2) is 6.79 Å².